The third kappa shape index (κ3) is 4.41. The predicted octanol–water partition coefficient (Wildman–Crippen LogP) is 3.40. The highest BCUT2D eigenvalue weighted by molar-refractivity contribution is 7.09. The largest absolute Gasteiger partial charge is 0.338 e. The van der Waals surface area contributed by atoms with Crippen molar-refractivity contribution < 1.29 is 9.59 Å². The molecule has 0 atom stereocenters. The zero-order chi connectivity index (χ0) is 19.3. The van der Waals surface area contributed by atoms with Crippen molar-refractivity contribution in [1.29, 1.82) is 0 Å². The first-order valence-corrected chi connectivity index (χ1v) is 11.1. The predicted molar refractivity (Wildman–Crippen MR) is 111 cm³/mol. The first kappa shape index (κ1) is 19.1. The van der Waals surface area contributed by atoms with Crippen LogP contribution in [0.5, 0.6) is 0 Å². The maximum absolute atomic E-state index is 13.0. The number of piperazine rings is 1. The molecule has 7 heteroatoms. The van der Waals surface area contributed by atoms with Gasteiger partial charge in [0.1, 0.15) is 5.69 Å². The molecule has 1 aliphatic carbocycles. The Kier molecular flexibility index (Phi) is 6.00. The standard InChI is InChI=1S/C21H28N4O2S/c26-20(19-9-4-10-25(19)16-18-8-5-15-28-18)23-11-13-24(14-12-23)21(27)22-17-6-2-1-3-7-17/h4-5,8-10,15,17H,1-3,6-7,11-14,16H2,(H,22,27). The number of urea groups is 1. The van der Waals surface area contributed by atoms with Crippen LogP contribution in [0.15, 0.2) is 35.8 Å². The van der Waals surface area contributed by atoms with Crippen LogP contribution in [0.2, 0.25) is 0 Å². The Labute approximate surface area is 170 Å². The third-order valence-corrected chi connectivity index (χ3v) is 6.60. The Hall–Kier alpha value is -2.28. The molecule has 3 amide bonds. The number of thiophene rings is 1. The van der Waals surface area contributed by atoms with Gasteiger partial charge < -0.3 is 19.7 Å². The van der Waals surface area contributed by atoms with Gasteiger partial charge in [-0.2, -0.15) is 0 Å². The van der Waals surface area contributed by atoms with E-state index >= 15 is 0 Å². The molecular formula is C21H28N4O2S. The number of rotatable bonds is 4. The van der Waals surface area contributed by atoms with Gasteiger partial charge in [-0.1, -0.05) is 25.3 Å². The van der Waals surface area contributed by atoms with Crippen LogP contribution in [0.25, 0.3) is 0 Å². The van der Waals surface area contributed by atoms with Crippen molar-refractivity contribution in [2.45, 2.75) is 44.7 Å². The van der Waals surface area contributed by atoms with Crippen molar-refractivity contribution in [3.05, 3.63) is 46.4 Å². The Morgan fingerprint density at radius 3 is 2.46 bits per heavy atom. The fourth-order valence-electron chi connectivity index (χ4n) is 4.10. The summed E-state index contributed by atoms with van der Waals surface area (Å²) >= 11 is 1.70. The minimum Gasteiger partial charge on any atom is -0.338 e. The van der Waals surface area contributed by atoms with Gasteiger partial charge in [-0.15, -0.1) is 11.3 Å². The molecule has 0 aromatic carbocycles. The van der Waals surface area contributed by atoms with Crippen LogP contribution in [0.1, 0.15) is 47.5 Å². The Balaban J connectivity index is 1.30. The topological polar surface area (TPSA) is 57.6 Å². The fourth-order valence-corrected chi connectivity index (χ4v) is 4.81. The van der Waals surface area contributed by atoms with E-state index in [1.54, 1.807) is 11.3 Å². The molecule has 2 fully saturated rings. The Morgan fingerprint density at radius 2 is 1.75 bits per heavy atom. The summed E-state index contributed by atoms with van der Waals surface area (Å²) < 4.78 is 2.01. The van der Waals surface area contributed by atoms with Crippen molar-refractivity contribution in [3.8, 4) is 0 Å². The molecule has 2 aliphatic rings. The average molecular weight is 401 g/mol. The van der Waals surface area contributed by atoms with Crippen molar-refractivity contribution in [1.82, 2.24) is 19.7 Å². The maximum Gasteiger partial charge on any atom is 0.317 e. The minimum absolute atomic E-state index is 0.0278. The van der Waals surface area contributed by atoms with Gasteiger partial charge in [-0.05, 0) is 36.4 Å². The number of carbonyl (C=O) groups excluding carboxylic acids is 2. The van der Waals surface area contributed by atoms with Gasteiger partial charge >= 0.3 is 6.03 Å². The van der Waals surface area contributed by atoms with Gasteiger partial charge in [0.2, 0.25) is 0 Å². The molecule has 0 radical (unpaired) electrons. The first-order valence-electron chi connectivity index (χ1n) is 10.2. The summed E-state index contributed by atoms with van der Waals surface area (Å²) in [4.78, 5) is 30.5. The van der Waals surface area contributed by atoms with Crippen LogP contribution in [0.3, 0.4) is 0 Å². The van der Waals surface area contributed by atoms with Crippen molar-refractivity contribution in [2.75, 3.05) is 26.2 Å². The average Bonchev–Trinajstić information content (AvgIpc) is 3.41. The monoisotopic (exact) mass is 400 g/mol. The molecule has 0 bridgehead atoms. The molecule has 0 spiro atoms. The summed E-state index contributed by atoms with van der Waals surface area (Å²) in [6.07, 6.45) is 7.83. The zero-order valence-electron chi connectivity index (χ0n) is 16.2. The lowest BCUT2D eigenvalue weighted by atomic mass is 9.96. The smallest absolute Gasteiger partial charge is 0.317 e. The van der Waals surface area contributed by atoms with Crippen LogP contribution in [0.4, 0.5) is 4.79 Å². The second-order valence-electron chi connectivity index (χ2n) is 7.66. The highest BCUT2D eigenvalue weighted by Gasteiger charge is 2.27. The molecule has 1 saturated carbocycles. The number of nitrogens with one attached hydrogen (secondary N) is 1. The van der Waals surface area contributed by atoms with Gasteiger partial charge in [-0.3, -0.25) is 4.79 Å². The number of hydrogen-bond acceptors (Lipinski definition) is 3. The van der Waals surface area contributed by atoms with E-state index in [1.807, 2.05) is 38.8 Å². The normalized spacial score (nSPS) is 18.3. The van der Waals surface area contributed by atoms with Gasteiger partial charge in [0.25, 0.3) is 5.91 Å². The molecule has 1 saturated heterocycles. The summed E-state index contributed by atoms with van der Waals surface area (Å²) in [5.41, 5.74) is 0.716. The highest BCUT2D eigenvalue weighted by Crippen LogP contribution is 2.18. The molecule has 4 rings (SSSR count). The quantitative estimate of drug-likeness (QED) is 0.855. The van der Waals surface area contributed by atoms with E-state index in [-0.39, 0.29) is 11.9 Å². The van der Waals surface area contributed by atoms with Crippen LogP contribution >= 0.6 is 11.3 Å². The molecule has 2 aromatic rings. The second-order valence-corrected chi connectivity index (χ2v) is 8.70. The van der Waals surface area contributed by atoms with Crippen molar-refractivity contribution in [2.24, 2.45) is 0 Å². The van der Waals surface area contributed by atoms with E-state index in [9.17, 15) is 9.59 Å². The van der Waals surface area contributed by atoms with Crippen molar-refractivity contribution in [3.63, 3.8) is 0 Å². The summed E-state index contributed by atoms with van der Waals surface area (Å²) in [6.45, 7) is 3.07. The van der Waals surface area contributed by atoms with Crippen LogP contribution in [-0.4, -0.2) is 58.5 Å². The van der Waals surface area contributed by atoms with E-state index in [4.69, 9.17) is 0 Å². The molecule has 28 heavy (non-hydrogen) atoms. The van der Waals surface area contributed by atoms with Crippen LogP contribution in [0, 0.1) is 0 Å². The molecule has 1 aliphatic heterocycles. The summed E-state index contributed by atoms with van der Waals surface area (Å²) in [7, 11) is 0. The van der Waals surface area contributed by atoms with Crippen molar-refractivity contribution >= 4 is 23.3 Å². The summed E-state index contributed by atoms with van der Waals surface area (Å²) in [6, 6.07) is 8.28. The molecule has 2 aromatic heterocycles. The lowest BCUT2D eigenvalue weighted by molar-refractivity contribution is 0.0652. The fraction of sp³-hybridized carbons (Fsp3) is 0.524. The summed E-state index contributed by atoms with van der Waals surface area (Å²) in [5, 5.41) is 5.23. The Bertz CT molecular complexity index is 787. The van der Waals surface area contributed by atoms with Gasteiger partial charge in [0, 0.05) is 43.3 Å². The second kappa shape index (κ2) is 8.82. The van der Waals surface area contributed by atoms with E-state index in [0.717, 1.165) is 19.4 Å². The lowest BCUT2D eigenvalue weighted by Gasteiger charge is -2.36. The number of amides is 3. The van der Waals surface area contributed by atoms with Gasteiger partial charge in [-0.25, -0.2) is 4.79 Å². The number of aromatic nitrogens is 1. The molecule has 1 N–H and O–H groups in total. The van der Waals surface area contributed by atoms with E-state index in [0.29, 0.717) is 37.9 Å². The number of nitrogens with zero attached hydrogens (tertiary/aromatic N) is 3. The lowest BCUT2D eigenvalue weighted by Crippen LogP contribution is -2.54. The maximum atomic E-state index is 13.0. The number of hydrogen-bond donors (Lipinski definition) is 1. The van der Waals surface area contributed by atoms with Gasteiger partial charge in [0.15, 0.2) is 0 Å². The highest BCUT2D eigenvalue weighted by atomic mass is 32.1. The number of carbonyl (C=O) groups is 2. The molecule has 3 heterocycles. The minimum atomic E-state index is 0.0278. The van der Waals surface area contributed by atoms with E-state index in [2.05, 4.69) is 16.8 Å². The molecular weight excluding hydrogens is 372 g/mol. The molecule has 0 unspecified atom stereocenters. The van der Waals surface area contributed by atoms with Crippen LogP contribution < -0.4 is 5.32 Å². The van der Waals surface area contributed by atoms with E-state index < -0.39 is 0 Å². The zero-order valence-corrected chi connectivity index (χ0v) is 17.0. The van der Waals surface area contributed by atoms with E-state index in [1.165, 1.54) is 24.1 Å². The Morgan fingerprint density at radius 1 is 1.00 bits per heavy atom. The third-order valence-electron chi connectivity index (χ3n) is 5.74. The van der Waals surface area contributed by atoms with Gasteiger partial charge in [0.05, 0.1) is 6.54 Å². The SMILES string of the molecule is O=C(NC1CCCCC1)N1CCN(C(=O)c2cccn2Cc2cccs2)CC1. The summed E-state index contributed by atoms with van der Waals surface area (Å²) in [5.74, 6) is 0.0499. The van der Waals surface area contributed by atoms with Crippen LogP contribution in [-0.2, 0) is 6.54 Å². The molecule has 150 valence electrons. The molecule has 6 nitrogen and oxygen atoms in total. The first-order chi connectivity index (χ1) is 13.7.